The summed E-state index contributed by atoms with van der Waals surface area (Å²) in [6.45, 7) is 1.95. The highest BCUT2D eigenvalue weighted by atomic mass is 16.3. The Hall–Kier alpha value is -0.560. The molecule has 1 radical (unpaired) electrons. The number of rotatable bonds is 0. The Kier molecular flexibility index (Phi) is 1.49. The van der Waals surface area contributed by atoms with Crippen LogP contribution in [0.2, 0.25) is 0 Å². The smallest absolute Gasteiger partial charge is 0.122 e. The van der Waals surface area contributed by atoms with Crippen LogP contribution in [0.25, 0.3) is 0 Å². The van der Waals surface area contributed by atoms with Crippen molar-refractivity contribution >= 4 is 0 Å². The van der Waals surface area contributed by atoms with Crippen molar-refractivity contribution in [1.82, 2.24) is 0 Å². The molecule has 0 saturated carbocycles. The van der Waals surface area contributed by atoms with Crippen molar-refractivity contribution < 1.29 is 5.11 Å². The van der Waals surface area contributed by atoms with Crippen LogP contribution < -0.4 is 0 Å². The molecule has 1 heteroatoms. The molecular weight excluding hydrogens is 100 g/mol. The molecule has 0 spiro atoms. The molecule has 1 N–H and O–H groups in total. The first-order chi connectivity index (χ1) is 3.80. The van der Waals surface area contributed by atoms with Crippen LogP contribution in [0, 0.1) is 12.0 Å². The summed E-state index contributed by atoms with van der Waals surface area (Å²) < 4.78 is 0. The molecule has 8 heavy (non-hydrogen) atoms. The number of hydrogen-bond donors (Lipinski definition) is 1. The molecule has 0 aromatic carbocycles. The Balaban J connectivity index is 2.59. The lowest BCUT2D eigenvalue weighted by Crippen LogP contribution is -2.04. The van der Waals surface area contributed by atoms with E-state index in [4.69, 9.17) is 5.11 Å². The lowest BCUT2D eigenvalue weighted by Gasteiger charge is -2.11. The van der Waals surface area contributed by atoms with Crippen molar-refractivity contribution in [2.75, 3.05) is 0 Å². The zero-order valence-corrected chi connectivity index (χ0v) is 4.83. The molecule has 1 unspecified atom stereocenters. The summed E-state index contributed by atoms with van der Waals surface area (Å²) in [5.74, 6) is 0.208. The maximum atomic E-state index is 8.96. The summed E-state index contributed by atoms with van der Waals surface area (Å²) in [7, 11) is 0. The van der Waals surface area contributed by atoms with Crippen LogP contribution >= 0.6 is 0 Å². The monoisotopic (exact) mass is 109 g/mol. The first-order valence-electron chi connectivity index (χ1n) is 2.71. The molecule has 1 nitrogen and oxygen atoms in total. The van der Waals surface area contributed by atoms with Crippen molar-refractivity contribution in [3.8, 4) is 0 Å². The topological polar surface area (TPSA) is 20.2 Å². The minimum Gasteiger partial charge on any atom is -0.382 e. The van der Waals surface area contributed by atoms with E-state index in [1.165, 1.54) is 0 Å². The first kappa shape index (κ1) is 5.57. The van der Waals surface area contributed by atoms with Crippen LogP contribution in [-0.4, -0.2) is 5.11 Å². The van der Waals surface area contributed by atoms with Gasteiger partial charge in [0.05, 0.1) is 0 Å². The molecule has 43 valence electrons. The van der Waals surface area contributed by atoms with E-state index in [0.29, 0.717) is 6.10 Å². The zero-order chi connectivity index (χ0) is 5.98. The normalized spacial score (nSPS) is 29.0. The van der Waals surface area contributed by atoms with E-state index in [-0.39, 0.29) is 5.92 Å². The zero-order valence-electron chi connectivity index (χ0n) is 4.83. The van der Waals surface area contributed by atoms with E-state index in [1.54, 1.807) is 6.08 Å². The fourth-order valence-electron chi connectivity index (χ4n) is 0.635. The van der Waals surface area contributed by atoms with E-state index >= 15 is 0 Å². The molecule has 0 saturated heterocycles. The highest BCUT2D eigenvalue weighted by Gasteiger charge is 2.09. The quantitative estimate of drug-likeness (QED) is 0.501. The van der Waals surface area contributed by atoms with Gasteiger partial charge in [0.15, 0.2) is 0 Å². The molecule has 0 aromatic rings. The lowest BCUT2D eigenvalue weighted by molar-refractivity contribution is 0.292. The molecule has 1 rings (SSSR count). The van der Waals surface area contributed by atoms with Crippen LogP contribution in [0.3, 0.4) is 0 Å². The van der Waals surface area contributed by atoms with Gasteiger partial charge >= 0.3 is 0 Å². The van der Waals surface area contributed by atoms with Gasteiger partial charge in [0.25, 0.3) is 0 Å². The van der Waals surface area contributed by atoms with Crippen LogP contribution in [0.1, 0.15) is 6.92 Å². The summed E-state index contributed by atoms with van der Waals surface area (Å²) in [5.41, 5.74) is 0. The number of allylic oxidation sites excluding steroid dienone is 2. The van der Waals surface area contributed by atoms with Gasteiger partial charge in [-0.15, -0.1) is 0 Å². The maximum Gasteiger partial charge on any atom is 0.122 e. The van der Waals surface area contributed by atoms with E-state index in [1.807, 2.05) is 25.2 Å². The van der Waals surface area contributed by atoms with E-state index < -0.39 is 0 Å². The van der Waals surface area contributed by atoms with Crippen LogP contribution in [0.5, 0.6) is 0 Å². The molecule has 0 fully saturated rings. The summed E-state index contributed by atoms with van der Waals surface area (Å²) in [5, 5.41) is 8.96. The van der Waals surface area contributed by atoms with Gasteiger partial charge in [0, 0.05) is 5.92 Å². The average molecular weight is 109 g/mol. The standard InChI is InChI=1S/C7H9O/c1-6-4-2-3-5-7(6)8/h2-6,8H,1H3. The van der Waals surface area contributed by atoms with Gasteiger partial charge in [-0.3, -0.25) is 0 Å². The molecular formula is C7H9O. The molecule has 1 aliphatic rings. The summed E-state index contributed by atoms with van der Waals surface area (Å²) in [4.78, 5) is 0. The van der Waals surface area contributed by atoms with Crippen LogP contribution in [-0.2, 0) is 0 Å². The summed E-state index contributed by atoms with van der Waals surface area (Å²) in [6.07, 6.45) is 7.88. The third kappa shape index (κ3) is 0.984. The number of hydrogen-bond acceptors (Lipinski definition) is 1. The molecule has 1 aliphatic carbocycles. The average Bonchev–Trinajstić information content (AvgIpc) is 1.77. The second-order valence-electron chi connectivity index (χ2n) is 1.96. The van der Waals surface area contributed by atoms with Crippen molar-refractivity contribution in [3.63, 3.8) is 0 Å². The Bertz CT molecular complexity index is 108. The minimum atomic E-state index is 0.208. The minimum absolute atomic E-state index is 0.208. The van der Waals surface area contributed by atoms with E-state index in [0.717, 1.165) is 0 Å². The molecule has 0 bridgehead atoms. The Labute approximate surface area is 49.3 Å². The summed E-state index contributed by atoms with van der Waals surface area (Å²) >= 11 is 0. The van der Waals surface area contributed by atoms with Gasteiger partial charge in [-0.2, -0.15) is 0 Å². The highest BCUT2D eigenvalue weighted by molar-refractivity contribution is 5.21. The van der Waals surface area contributed by atoms with Gasteiger partial charge in [-0.05, 0) is 6.08 Å². The SMILES string of the molecule is CC1C=CC=C[C]1O. The first-order valence-corrected chi connectivity index (χ1v) is 2.71. The lowest BCUT2D eigenvalue weighted by atomic mass is 10.0. The van der Waals surface area contributed by atoms with Gasteiger partial charge in [0.1, 0.15) is 6.10 Å². The molecule has 0 aliphatic heterocycles. The van der Waals surface area contributed by atoms with Gasteiger partial charge in [0.2, 0.25) is 0 Å². The largest absolute Gasteiger partial charge is 0.382 e. The second kappa shape index (κ2) is 2.14. The van der Waals surface area contributed by atoms with Crippen molar-refractivity contribution in [2.45, 2.75) is 6.92 Å². The predicted molar refractivity (Wildman–Crippen MR) is 32.6 cm³/mol. The Morgan fingerprint density at radius 2 is 2.25 bits per heavy atom. The molecule has 0 amide bonds. The van der Waals surface area contributed by atoms with Gasteiger partial charge in [-0.1, -0.05) is 25.2 Å². The Morgan fingerprint density at radius 3 is 2.62 bits per heavy atom. The Morgan fingerprint density at radius 1 is 1.50 bits per heavy atom. The van der Waals surface area contributed by atoms with Crippen molar-refractivity contribution in [2.24, 2.45) is 5.92 Å². The van der Waals surface area contributed by atoms with Gasteiger partial charge in [-0.25, -0.2) is 0 Å². The number of aliphatic hydroxyl groups excluding tert-OH is 1. The third-order valence-corrected chi connectivity index (χ3v) is 1.24. The third-order valence-electron chi connectivity index (χ3n) is 1.24. The fourth-order valence-corrected chi connectivity index (χ4v) is 0.635. The predicted octanol–water partition coefficient (Wildman–Crippen LogP) is 1.65. The molecule has 0 heterocycles. The maximum absolute atomic E-state index is 8.96. The van der Waals surface area contributed by atoms with Gasteiger partial charge < -0.3 is 5.11 Å². The van der Waals surface area contributed by atoms with Crippen molar-refractivity contribution in [1.29, 1.82) is 0 Å². The second-order valence-corrected chi connectivity index (χ2v) is 1.96. The van der Waals surface area contributed by atoms with Crippen molar-refractivity contribution in [3.05, 3.63) is 30.4 Å². The fraction of sp³-hybridized carbons (Fsp3) is 0.286. The number of aliphatic hydroxyl groups is 1. The molecule has 0 aromatic heterocycles. The van der Waals surface area contributed by atoms with Crippen LogP contribution in [0.4, 0.5) is 0 Å². The summed E-state index contributed by atoms with van der Waals surface area (Å²) in [6, 6.07) is 0. The van der Waals surface area contributed by atoms with E-state index in [2.05, 4.69) is 0 Å². The van der Waals surface area contributed by atoms with Crippen LogP contribution in [0.15, 0.2) is 24.3 Å². The van der Waals surface area contributed by atoms with E-state index in [9.17, 15) is 0 Å². The highest BCUT2D eigenvalue weighted by Crippen LogP contribution is 2.16. The molecule has 1 atom stereocenters.